The standard InChI is InChI=1S/C15H16N4OS/c1-8-5-6-9(2)13-11(8)17-15(21-13)18-14(20)12-10(3)7-16-19(12)4/h5-7H,1-4H3,(H,17,18,20). The molecule has 6 heteroatoms. The zero-order chi connectivity index (χ0) is 15.1. The van der Waals surface area contributed by atoms with E-state index >= 15 is 0 Å². The second-order valence-corrected chi connectivity index (χ2v) is 6.15. The van der Waals surface area contributed by atoms with E-state index in [1.54, 1.807) is 17.9 Å². The molecule has 1 amide bonds. The second kappa shape index (κ2) is 4.96. The number of benzene rings is 1. The highest BCUT2D eigenvalue weighted by atomic mass is 32.1. The minimum absolute atomic E-state index is 0.179. The van der Waals surface area contributed by atoms with E-state index in [4.69, 9.17) is 0 Å². The summed E-state index contributed by atoms with van der Waals surface area (Å²) in [6, 6.07) is 4.13. The lowest BCUT2D eigenvalue weighted by Gasteiger charge is -2.03. The van der Waals surface area contributed by atoms with Gasteiger partial charge in [-0.2, -0.15) is 5.10 Å². The van der Waals surface area contributed by atoms with Crippen molar-refractivity contribution in [3.05, 3.63) is 40.7 Å². The quantitative estimate of drug-likeness (QED) is 0.790. The highest BCUT2D eigenvalue weighted by Gasteiger charge is 2.16. The number of nitrogens with one attached hydrogen (secondary N) is 1. The number of aromatic nitrogens is 3. The first kappa shape index (κ1) is 13.8. The molecule has 0 bridgehead atoms. The van der Waals surface area contributed by atoms with Crippen LogP contribution in [0.5, 0.6) is 0 Å². The van der Waals surface area contributed by atoms with Crippen molar-refractivity contribution in [3.63, 3.8) is 0 Å². The van der Waals surface area contributed by atoms with Gasteiger partial charge in [0.25, 0.3) is 5.91 Å². The van der Waals surface area contributed by atoms with E-state index in [0.29, 0.717) is 10.8 Å². The SMILES string of the molecule is Cc1cnn(C)c1C(=O)Nc1nc2c(C)ccc(C)c2s1. The largest absolute Gasteiger partial charge is 0.296 e. The number of anilines is 1. The van der Waals surface area contributed by atoms with Crippen molar-refractivity contribution in [2.45, 2.75) is 20.8 Å². The highest BCUT2D eigenvalue weighted by molar-refractivity contribution is 7.22. The molecule has 0 atom stereocenters. The first-order chi connectivity index (χ1) is 9.97. The monoisotopic (exact) mass is 300 g/mol. The van der Waals surface area contributed by atoms with Gasteiger partial charge in [-0.3, -0.25) is 14.8 Å². The number of carbonyl (C=O) groups is 1. The first-order valence-electron chi connectivity index (χ1n) is 6.64. The van der Waals surface area contributed by atoms with E-state index in [1.807, 2.05) is 19.9 Å². The van der Waals surface area contributed by atoms with Crippen LogP contribution in [0.2, 0.25) is 0 Å². The summed E-state index contributed by atoms with van der Waals surface area (Å²) in [7, 11) is 1.76. The summed E-state index contributed by atoms with van der Waals surface area (Å²) >= 11 is 1.50. The van der Waals surface area contributed by atoms with Gasteiger partial charge in [0.2, 0.25) is 0 Å². The van der Waals surface area contributed by atoms with Gasteiger partial charge in [0.1, 0.15) is 5.69 Å². The van der Waals surface area contributed by atoms with Gasteiger partial charge < -0.3 is 0 Å². The number of hydrogen-bond acceptors (Lipinski definition) is 4. The van der Waals surface area contributed by atoms with Crippen molar-refractivity contribution in [2.24, 2.45) is 7.05 Å². The third kappa shape index (κ3) is 2.31. The maximum Gasteiger partial charge on any atom is 0.275 e. The van der Waals surface area contributed by atoms with Crippen molar-refractivity contribution >= 4 is 32.6 Å². The lowest BCUT2D eigenvalue weighted by Crippen LogP contribution is -2.17. The van der Waals surface area contributed by atoms with Crippen LogP contribution in [0.4, 0.5) is 5.13 Å². The van der Waals surface area contributed by atoms with E-state index in [1.165, 1.54) is 16.9 Å². The minimum Gasteiger partial charge on any atom is -0.296 e. The molecule has 108 valence electrons. The fraction of sp³-hybridized carbons (Fsp3) is 0.267. The predicted octanol–water partition coefficient (Wildman–Crippen LogP) is 3.21. The molecule has 0 aliphatic heterocycles. The molecule has 0 unspecified atom stereocenters. The molecule has 1 aromatic carbocycles. The third-order valence-corrected chi connectivity index (χ3v) is 4.61. The van der Waals surface area contributed by atoms with Gasteiger partial charge in [-0.15, -0.1) is 0 Å². The summed E-state index contributed by atoms with van der Waals surface area (Å²) in [6.07, 6.45) is 1.68. The Morgan fingerprint density at radius 1 is 1.19 bits per heavy atom. The molecular formula is C15H16N4OS. The molecule has 0 aliphatic rings. The topological polar surface area (TPSA) is 59.8 Å². The number of rotatable bonds is 2. The molecule has 0 saturated heterocycles. The Bertz CT molecular complexity index is 788. The van der Waals surface area contributed by atoms with Crippen LogP contribution in [-0.4, -0.2) is 20.7 Å². The molecule has 3 aromatic rings. The average molecular weight is 300 g/mol. The lowest BCUT2D eigenvalue weighted by atomic mass is 10.1. The van der Waals surface area contributed by atoms with Crippen LogP contribution in [0.15, 0.2) is 18.3 Å². The van der Waals surface area contributed by atoms with Gasteiger partial charge in [-0.05, 0) is 37.5 Å². The van der Waals surface area contributed by atoms with Gasteiger partial charge >= 0.3 is 0 Å². The summed E-state index contributed by atoms with van der Waals surface area (Å²) in [5, 5.41) is 7.58. The average Bonchev–Trinajstić information content (AvgIpc) is 2.99. The maximum absolute atomic E-state index is 12.4. The normalized spacial score (nSPS) is 11.0. The van der Waals surface area contributed by atoms with Gasteiger partial charge in [0.05, 0.1) is 16.4 Å². The summed E-state index contributed by atoms with van der Waals surface area (Å²) in [6.45, 7) is 5.95. The number of nitrogens with zero attached hydrogens (tertiary/aromatic N) is 3. The predicted molar refractivity (Wildman–Crippen MR) is 85.0 cm³/mol. The van der Waals surface area contributed by atoms with E-state index in [2.05, 4.69) is 28.4 Å². The van der Waals surface area contributed by atoms with E-state index in [0.717, 1.165) is 21.3 Å². The summed E-state index contributed by atoms with van der Waals surface area (Å²) < 4.78 is 2.70. The number of thiazole rings is 1. The lowest BCUT2D eigenvalue weighted by molar-refractivity contribution is 0.101. The Hall–Kier alpha value is -2.21. The molecule has 1 N–H and O–H groups in total. The fourth-order valence-electron chi connectivity index (χ4n) is 2.34. The summed E-state index contributed by atoms with van der Waals surface area (Å²) in [5.74, 6) is -0.179. The number of fused-ring (bicyclic) bond motifs is 1. The molecule has 0 fully saturated rings. The first-order valence-corrected chi connectivity index (χ1v) is 7.45. The molecule has 2 heterocycles. The molecule has 21 heavy (non-hydrogen) atoms. The van der Waals surface area contributed by atoms with Gasteiger partial charge in [0, 0.05) is 7.05 Å². The van der Waals surface area contributed by atoms with Gasteiger partial charge in [0.15, 0.2) is 5.13 Å². The van der Waals surface area contributed by atoms with Crippen molar-refractivity contribution in [1.82, 2.24) is 14.8 Å². The van der Waals surface area contributed by atoms with Crippen molar-refractivity contribution < 1.29 is 4.79 Å². The fourth-order valence-corrected chi connectivity index (χ4v) is 3.35. The van der Waals surface area contributed by atoms with Crippen molar-refractivity contribution in [2.75, 3.05) is 5.32 Å². The summed E-state index contributed by atoms with van der Waals surface area (Å²) in [5.41, 5.74) is 4.65. The van der Waals surface area contributed by atoms with Crippen molar-refractivity contribution in [3.8, 4) is 0 Å². The van der Waals surface area contributed by atoms with E-state index < -0.39 is 0 Å². The Morgan fingerprint density at radius 2 is 1.90 bits per heavy atom. The van der Waals surface area contributed by atoms with Gasteiger partial charge in [-0.25, -0.2) is 4.98 Å². The third-order valence-electron chi connectivity index (χ3n) is 3.50. The van der Waals surface area contributed by atoms with Crippen LogP contribution in [0.25, 0.3) is 10.2 Å². The smallest absolute Gasteiger partial charge is 0.275 e. The van der Waals surface area contributed by atoms with E-state index in [9.17, 15) is 4.79 Å². The highest BCUT2D eigenvalue weighted by Crippen LogP contribution is 2.31. The molecular weight excluding hydrogens is 284 g/mol. The van der Waals surface area contributed by atoms with Crippen LogP contribution in [0.1, 0.15) is 27.2 Å². The van der Waals surface area contributed by atoms with Crippen LogP contribution in [0, 0.1) is 20.8 Å². The Morgan fingerprint density at radius 3 is 2.52 bits per heavy atom. The summed E-state index contributed by atoms with van der Waals surface area (Å²) in [4.78, 5) is 16.9. The molecule has 0 spiro atoms. The Kier molecular flexibility index (Phi) is 3.25. The number of amides is 1. The van der Waals surface area contributed by atoms with Crippen LogP contribution >= 0.6 is 11.3 Å². The van der Waals surface area contributed by atoms with Gasteiger partial charge in [-0.1, -0.05) is 23.5 Å². The molecule has 2 aromatic heterocycles. The molecule has 0 aliphatic carbocycles. The Balaban J connectivity index is 1.97. The maximum atomic E-state index is 12.4. The van der Waals surface area contributed by atoms with Crippen LogP contribution in [-0.2, 0) is 7.05 Å². The minimum atomic E-state index is -0.179. The molecule has 3 rings (SSSR count). The molecule has 0 saturated carbocycles. The zero-order valence-electron chi connectivity index (χ0n) is 12.4. The second-order valence-electron chi connectivity index (χ2n) is 5.15. The van der Waals surface area contributed by atoms with E-state index in [-0.39, 0.29) is 5.91 Å². The number of hydrogen-bond donors (Lipinski definition) is 1. The Labute approximate surface area is 126 Å². The van der Waals surface area contributed by atoms with Crippen LogP contribution < -0.4 is 5.32 Å². The van der Waals surface area contributed by atoms with Crippen molar-refractivity contribution in [1.29, 1.82) is 0 Å². The number of carbonyl (C=O) groups excluding carboxylic acids is 1. The zero-order valence-corrected chi connectivity index (χ0v) is 13.2. The number of aryl methyl sites for hydroxylation is 4. The van der Waals surface area contributed by atoms with Crippen LogP contribution in [0.3, 0.4) is 0 Å². The molecule has 0 radical (unpaired) electrons. The molecule has 5 nitrogen and oxygen atoms in total.